The molecule has 11 heteroatoms. The van der Waals surface area contributed by atoms with Crippen molar-refractivity contribution in [1.82, 2.24) is 20.1 Å². The smallest absolute Gasteiger partial charge is 0.261 e. The van der Waals surface area contributed by atoms with Crippen LogP contribution >= 0.6 is 11.6 Å². The van der Waals surface area contributed by atoms with Crippen LogP contribution in [-0.2, 0) is 10.0 Å². The van der Waals surface area contributed by atoms with E-state index in [9.17, 15) is 17.6 Å². The number of halogens is 2. The molecule has 0 aliphatic rings. The van der Waals surface area contributed by atoms with Crippen molar-refractivity contribution in [2.75, 3.05) is 4.72 Å². The van der Waals surface area contributed by atoms with Crippen LogP contribution in [0.2, 0.25) is 5.02 Å². The molecule has 1 aromatic heterocycles. The van der Waals surface area contributed by atoms with Crippen LogP contribution < -0.4 is 10.0 Å². The number of hydrogen-bond donors (Lipinski definition) is 2. The second-order valence-electron chi connectivity index (χ2n) is 7.38. The van der Waals surface area contributed by atoms with Gasteiger partial charge in [-0.25, -0.2) is 22.5 Å². The Hall–Kier alpha value is -3.76. The summed E-state index contributed by atoms with van der Waals surface area (Å²) in [4.78, 5) is 16.7. The predicted molar refractivity (Wildman–Crippen MR) is 126 cm³/mol. The summed E-state index contributed by atoms with van der Waals surface area (Å²) in [6, 6.07) is 15.7. The van der Waals surface area contributed by atoms with Gasteiger partial charge in [0.05, 0.1) is 27.2 Å². The van der Waals surface area contributed by atoms with Gasteiger partial charge in [0.25, 0.3) is 15.9 Å². The number of anilines is 1. The highest BCUT2D eigenvalue weighted by Gasteiger charge is 2.20. The molecule has 1 heterocycles. The molecule has 0 spiro atoms. The van der Waals surface area contributed by atoms with Crippen molar-refractivity contribution < 1.29 is 17.6 Å². The van der Waals surface area contributed by atoms with Gasteiger partial charge < -0.3 is 5.32 Å². The maximum atomic E-state index is 13.1. The number of carbonyl (C=O) groups excluding carboxylic acids is 1. The number of rotatable bonds is 7. The second-order valence-corrected chi connectivity index (χ2v) is 9.47. The lowest BCUT2D eigenvalue weighted by atomic mass is 10.1. The Morgan fingerprint density at radius 1 is 1.06 bits per heavy atom. The molecule has 4 rings (SSSR count). The first-order valence-corrected chi connectivity index (χ1v) is 11.9. The van der Waals surface area contributed by atoms with E-state index in [0.717, 1.165) is 23.4 Å². The summed E-state index contributed by atoms with van der Waals surface area (Å²) >= 11 is 6.19. The Morgan fingerprint density at radius 2 is 1.76 bits per heavy atom. The van der Waals surface area contributed by atoms with E-state index in [0.29, 0.717) is 0 Å². The van der Waals surface area contributed by atoms with Gasteiger partial charge in [0.1, 0.15) is 18.5 Å². The summed E-state index contributed by atoms with van der Waals surface area (Å²) < 4.78 is 42.6. The predicted octanol–water partition coefficient (Wildman–Crippen LogP) is 4.35. The highest BCUT2D eigenvalue weighted by molar-refractivity contribution is 7.92. The van der Waals surface area contributed by atoms with E-state index in [1.807, 2.05) is 24.3 Å². The Morgan fingerprint density at radius 3 is 2.41 bits per heavy atom. The number of aromatic nitrogens is 3. The number of carbonyl (C=O) groups is 1. The zero-order valence-corrected chi connectivity index (χ0v) is 19.4. The molecule has 1 unspecified atom stereocenters. The summed E-state index contributed by atoms with van der Waals surface area (Å²) in [6.45, 7) is 1.80. The van der Waals surface area contributed by atoms with Crippen molar-refractivity contribution in [3.8, 4) is 5.69 Å². The van der Waals surface area contributed by atoms with Crippen LogP contribution in [0.1, 0.15) is 28.9 Å². The first-order chi connectivity index (χ1) is 16.2. The fraction of sp³-hybridized carbons (Fsp3) is 0.0870. The highest BCUT2D eigenvalue weighted by atomic mass is 35.5. The molecule has 4 aromatic rings. The second kappa shape index (κ2) is 9.62. The van der Waals surface area contributed by atoms with E-state index < -0.39 is 21.7 Å². The molecule has 0 saturated carbocycles. The Bertz CT molecular complexity index is 1410. The molecule has 34 heavy (non-hydrogen) atoms. The van der Waals surface area contributed by atoms with E-state index in [2.05, 4.69) is 20.1 Å². The molecule has 0 aliphatic heterocycles. The quantitative estimate of drug-likeness (QED) is 0.393. The summed E-state index contributed by atoms with van der Waals surface area (Å²) in [6.07, 6.45) is 3.01. The Labute approximate surface area is 200 Å². The molecular weight excluding hydrogens is 481 g/mol. The van der Waals surface area contributed by atoms with Crippen LogP contribution in [-0.4, -0.2) is 29.1 Å². The molecule has 8 nitrogen and oxygen atoms in total. The SMILES string of the molecule is CC(NC(=O)c1cc(S(=O)(=O)Nc2ccc(F)cc2)ccc1Cl)c1ccc(-n2cncn2)cc1. The highest BCUT2D eigenvalue weighted by Crippen LogP contribution is 2.24. The fourth-order valence-electron chi connectivity index (χ4n) is 3.19. The molecule has 2 N–H and O–H groups in total. The van der Waals surface area contributed by atoms with Crippen LogP contribution in [0.25, 0.3) is 5.69 Å². The fourth-order valence-corrected chi connectivity index (χ4v) is 4.48. The molecule has 0 fully saturated rings. The van der Waals surface area contributed by atoms with Crippen LogP contribution in [0.4, 0.5) is 10.1 Å². The zero-order valence-electron chi connectivity index (χ0n) is 17.8. The Balaban J connectivity index is 1.50. The average Bonchev–Trinajstić information content (AvgIpc) is 3.35. The van der Waals surface area contributed by atoms with Gasteiger partial charge in [-0.2, -0.15) is 5.10 Å². The van der Waals surface area contributed by atoms with Crippen molar-refractivity contribution in [2.24, 2.45) is 0 Å². The van der Waals surface area contributed by atoms with E-state index >= 15 is 0 Å². The normalized spacial score (nSPS) is 12.2. The van der Waals surface area contributed by atoms with Gasteiger partial charge in [-0.3, -0.25) is 9.52 Å². The summed E-state index contributed by atoms with van der Waals surface area (Å²) in [7, 11) is -4.03. The van der Waals surface area contributed by atoms with Crippen LogP contribution in [0.15, 0.2) is 84.3 Å². The van der Waals surface area contributed by atoms with Crippen LogP contribution in [0, 0.1) is 5.82 Å². The van der Waals surface area contributed by atoms with Crippen molar-refractivity contribution in [3.05, 3.63) is 101 Å². The van der Waals surface area contributed by atoms with Gasteiger partial charge in [-0.15, -0.1) is 0 Å². The minimum absolute atomic E-state index is 0.00901. The van der Waals surface area contributed by atoms with Gasteiger partial charge in [0, 0.05) is 5.69 Å². The van der Waals surface area contributed by atoms with E-state index in [1.165, 1.54) is 36.7 Å². The molecular formula is C23H19ClFN5O3S. The van der Waals surface area contributed by atoms with E-state index in [-0.39, 0.29) is 27.2 Å². The standard InChI is InChI=1S/C23H19ClFN5O3S/c1-15(16-2-8-19(9-3-16)30-14-26-13-27-30)28-23(31)21-12-20(10-11-22(21)24)34(32,33)29-18-6-4-17(25)5-7-18/h2-15,29H,1H3,(H,28,31). The van der Waals surface area contributed by atoms with Crippen molar-refractivity contribution in [1.29, 1.82) is 0 Å². The zero-order chi connectivity index (χ0) is 24.3. The summed E-state index contributed by atoms with van der Waals surface area (Å²) in [5.41, 5.74) is 1.84. The van der Waals surface area contributed by atoms with Gasteiger partial charge >= 0.3 is 0 Å². The van der Waals surface area contributed by atoms with Crippen LogP contribution in [0.3, 0.4) is 0 Å². The van der Waals surface area contributed by atoms with Crippen molar-refractivity contribution >= 4 is 33.2 Å². The van der Waals surface area contributed by atoms with E-state index in [4.69, 9.17) is 11.6 Å². The number of sulfonamides is 1. The van der Waals surface area contributed by atoms with E-state index in [1.54, 1.807) is 17.9 Å². The number of amides is 1. The molecule has 0 aliphatic carbocycles. The number of hydrogen-bond acceptors (Lipinski definition) is 5. The lowest BCUT2D eigenvalue weighted by Crippen LogP contribution is -2.27. The van der Waals surface area contributed by atoms with Crippen molar-refractivity contribution in [3.63, 3.8) is 0 Å². The molecule has 0 bridgehead atoms. The molecule has 0 radical (unpaired) electrons. The third-order valence-electron chi connectivity index (χ3n) is 5.01. The molecule has 0 saturated heterocycles. The maximum Gasteiger partial charge on any atom is 0.261 e. The topological polar surface area (TPSA) is 106 Å². The minimum Gasteiger partial charge on any atom is -0.345 e. The monoisotopic (exact) mass is 499 g/mol. The molecule has 1 amide bonds. The maximum absolute atomic E-state index is 13.1. The number of nitrogens with one attached hydrogen (secondary N) is 2. The van der Waals surface area contributed by atoms with Gasteiger partial charge in [-0.1, -0.05) is 23.7 Å². The first-order valence-electron chi connectivity index (χ1n) is 10.1. The van der Waals surface area contributed by atoms with Crippen molar-refractivity contribution in [2.45, 2.75) is 17.9 Å². The lowest BCUT2D eigenvalue weighted by Gasteiger charge is -2.16. The van der Waals surface area contributed by atoms with Crippen LogP contribution in [0.5, 0.6) is 0 Å². The van der Waals surface area contributed by atoms with Gasteiger partial charge in [0.2, 0.25) is 0 Å². The minimum atomic E-state index is -4.03. The third-order valence-corrected chi connectivity index (χ3v) is 6.72. The lowest BCUT2D eigenvalue weighted by molar-refractivity contribution is 0.0940. The molecule has 1 atom stereocenters. The largest absolute Gasteiger partial charge is 0.345 e. The molecule has 174 valence electrons. The van der Waals surface area contributed by atoms with Gasteiger partial charge in [0.15, 0.2) is 0 Å². The first kappa shape index (κ1) is 23.4. The summed E-state index contributed by atoms with van der Waals surface area (Å²) in [5.74, 6) is -1.02. The third kappa shape index (κ3) is 5.24. The number of nitrogens with zero attached hydrogens (tertiary/aromatic N) is 3. The molecule has 3 aromatic carbocycles. The Kier molecular flexibility index (Phi) is 6.62. The van der Waals surface area contributed by atoms with Gasteiger partial charge in [-0.05, 0) is 67.1 Å². The number of benzene rings is 3. The summed E-state index contributed by atoms with van der Waals surface area (Å²) in [5, 5.41) is 7.00. The average molecular weight is 500 g/mol.